The lowest BCUT2D eigenvalue weighted by Crippen LogP contribution is -2.42. The Labute approximate surface area is 227 Å². The summed E-state index contributed by atoms with van der Waals surface area (Å²) >= 11 is 0. The number of aliphatic hydroxyl groups is 2. The molecule has 9 nitrogen and oxygen atoms in total. The van der Waals surface area contributed by atoms with Gasteiger partial charge in [0.25, 0.3) is 0 Å². The summed E-state index contributed by atoms with van der Waals surface area (Å²) < 4.78 is 5.33. The minimum atomic E-state index is -1.61. The van der Waals surface area contributed by atoms with Crippen molar-refractivity contribution in [1.82, 2.24) is 10.6 Å². The molecule has 2 amide bonds. The van der Waals surface area contributed by atoms with Gasteiger partial charge in [0, 0.05) is 25.0 Å². The quantitative estimate of drug-likeness (QED) is 0.171. The van der Waals surface area contributed by atoms with E-state index in [1.807, 2.05) is 12.2 Å². The third-order valence-electron chi connectivity index (χ3n) is 6.08. The average Bonchev–Trinajstić information content (AvgIpc) is 3.64. The van der Waals surface area contributed by atoms with Crippen LogP contribution in [0.15, 0.2) is 96.1 Å². The zero-order valence-corrected chi connectivity index (χ0v) is 22.0. The number of nitrogens with one attached hydrogen (secondary N) is 2. The third-order valence-corrected chi connectivity index (χ3v) is 6.08. The van der Waals surface area contributed by atoms with Gasteiger partial charge in [0.2, 0.25) is 17.6 Å². The van der Waals surface area contributed by atoms with Gasteiger partial charge < -0.3 is 25.6 Å². The van der Waals surface area contributed by atoms with Crippen LogP contribution in [0, 0.1) is 5.92 Å². The molecule has 1 heterocycles. The van der Waals surface area contributed by atoms with Crippen molar-refractivity contribution in [1.29, 1.82) is 0 Å². The van der Waals surface area contributed by atoms with Gasteiger partial charge in [0.1, 0.15) is 23.2 Å². The van der Waals surface area contributed by atoms with Crippen LogP contribution in [-0.4, -0.2) is 51.4 Å². The average molecular weight is 535 g/mol. The van der Waals surface area contributed by atoms with Gasteiger partial charge in [-0.25, -0.2) is 0 Å². The lowest BCUT2D eigenvalue weighted by atomic mass is 9.88. The number of hydrogen-bond acceptors (Lipinski definition) is 7. The number of carbonyl (C=O) groups excluding carboxylic acids is 4. The molecule has 1 aliphatic heterocycles. The molecule has 0 aromatic rings. The second kappa shape index (κ2) is 13.6. The number of Topliss-reactive ketones (excluding diaryl/α,β-unsaturated/α-hetero) is 2. The summed E-state index contributed by atoms with van der Waals surface area (Å²) in [4.78, 5) is 48.2. The van der Waals surface area contributed by atoms with Gasteiger partial charge in [-0.05, 0) is 30.9 Å². The molecule has 2 aliphatic carbocycles. The number of ketones is 2. The molecule has 3 unspecified atom stereocenters. The topological polar surface area (TPSA) is 145 Å². The Kier molecular flexibility index (Phi) is 10.3. The van der Waals surface area contributed by atoms with E-state index in [1.165, 1.54) is 42.5 Å². The Bertz CT molecular complexity index is 1230. The van der Waals surface area contributed by atoms with Gasteiger partial charge in [-0.3, -0.25) is 19.2 Å². The fourth-order valence-corrected chi connectivity index (χ4v) is 3.92. The van der Waals surface area contributed by atoms with Gasteiger partial charge in [-0.1, -0.05) is 68.5 Å². The Hall–Kier alpha value is -4.08. The first-order valence-corrected chi connectivity index (χ1v) is 12.9. The first kappa shape index (κ1) is 29.5. The smallest absolute Gasteiger partial charge is 0.248 e. The number of rotatable bonds is 12. The van der Waals surface area contributed by atoms with Crippen molar-refractivity contribution in [3.8, 4) is 0 Å². The van der Waals surface area contributed by atoms with Gasteiger partial charge in [0.05, 0.1) is 5.70 Å². The monoisotopic (exact) mass is 534 g/mol. The Morgan fingerprint density at radius 2 is 1.64 bits per heavy atom. The molecule has 0 aromatic heterocycles. The highest BCUT2D eigenvalue weighted by Gasteiger charge is 2.59. The van der Waals surface area contributed by atoms with Crippen LogP contribution in [0.2, 0.25) is 0 Å². The van der Waals surface area contributed by atoms with Gasteiger partial charge in [-0.15, -0.1) is 0 Å². The Morgan fingerprint density at radius 1 is 1.00 bits per heavy atom. The second-order valence-corrected chi connectivity index (χ2v) is 9.76. The zero-order valence-electron chi connectivity index (χ0n) is 22.0. The highest BCUT2D eigenvalue weighted by Crippen LogP contribution is 2.40. The lowest BCUT2D eigenvalue weighted by Gasteiger charge is -2.23. The van der Waals surface area contributed by atoms with Crippen molar-refractivity contribution in [2.75, 3.05) is 0 Å². The number of epoxide rings is 1. The molecule has 1 saturated heterocycles. The van der Waals surface area contributed by atoms with E-state index in [4.69, 9.17) is 4.74 Å². The number of allylic oxidation sites excluding steroid dienone is 11. The van der Waals surface area contributed by atoms with E-state index in [2.05, 4.69) is 30.6 Å². The largest absolute Gasteiger partial charge is 0.510 e. The van der Waals surface area contributed by atoms with Crippen LogP contribution < -0.4 is 10.6 Å². The summed E-state index contributed by atoms with van der Waals surface area (Å²) in [7, 11) is 0. The molecule has 9 heteroatoms. The van der Waals surface area contributed by atoms with Crippen LogP contribution in [-0.2, 0) is 23.9 Å². The summed E-state index contributed by atoms with van der Waals surface area (Å²) in [6.07, 6.45) is 21.1. The van der Waals surface area contributed by atoms with Gasteiger partial charge >= 0.3 is 0 Å². The molecule has 0 saturated carbocycles. The Morgan fingerprint density at radius 3 is 2.28 bits per heavy atom. The summed E-state index contributed by atoms with van der Waals surface area (Å²) in [6, 6.07) is 0. The van der Waals surface area contributed by atoms with E-state index in [-0.39, 0.29) is 35.8 Å². The highest BCUT2D eigenvalue weighted by atomic mass is 16.6. The SMILES string of the molecule is CC(C)CCC=CC=CC=CC(=O)NC1=CC(O)(C=CC=CC=CC(=O)NC2=C(O)CCC2=O)C2OC2C1=O. The van der Waals surface area contributed by atoms with E-state index in [0.29, 0.717) is 5.92 Å². The molecule has 1 fully saturated rings. The van der Waals surface area contributed by atoms with Crippen molar-refractivity contribution in [2.24, 2.45) is 5.92 Å². The van der Waals surface area contributed by atoms with Crippen molar-refractivity contribution >= 4 is 23.4 Å². The summed E-state index contributed by atoms with van der Waals surface area (Å²) in [5.41, 5.74) is -1.73. The molecule has 0 aromatic carbocycles. The molecule has 39 heavy (non-hydrogen) atoms. The maximum absolute atomic E-state index is 12.5. The van der Waals surface area contributed by atoms with Crippen molar-refractivity contribution < 1.29 is 34.1 Å². The van der Waals surface area contributed by atoms with Crippen LogP contribution in [0.3, 0.4) is 0 Å². The van der Waals surface area contributed by atoms with Crippen LogP contribution in [0.25, 0.3) is 0 Å². The predicted octanol–water partition coefficient (Wildman–Crippen LogP) is 3.09. The first-order valence-electron chi connectivity index (χ1n) is 12.9. The van der Waals surface area contributed by atoms with E-state index in [1.54, 1.807) is 18.2 Å². The predicted molar refractivity (Wildman–Crippen MR) is 146 cm³/mol. The van der Waals surface area contributed by atoms with Gasteiger partial charge in [-0.2, -0.15) is 0 Å². The van der Waals surface area contributed by atoms with Crippen LogP contribution in [0.1, 0.15) is 39.5 Å². The van der Waals surface area contributed by atoms with Crippen LogP contribution >= 0.6 is 0 Å². The van der Waals surface area contributed by atoms with E-state index < -0.39 is 35.4 Å². The summed E-state index contributed by atoms with van der Waals surface area (Å²) in [6.45, 7) is 4.33. The number of hydrogen-bond donors (Lipinski definition) is 4. The van der Waals surface area contributed by atoms with Crippen LogP contribution in [0.4, 0.5) is 0 Å². The lowest BCUT2D eigenvalue weighted by molar-refractivity contribution is -0.121. The molecule has 3 rings (SSSR count). The molecule has 206 valence electrons. The van der Waals surface area contributed by atoms with Crippen molar-refractivity contribution in [3.63, 3.8) is 0 Å². The molecule has 0 spiro atoms. The highest BCUT2D eigenvalue weighted by molar-refractivity contribution is 6.06. The normalized spacial score (nSPS) is 25.4. The first-order chi connectivity index (χ1) is 18.6. The number of carbonyl (C=O) groups is 4. The number of amides is 2. The molecule has 0 radical (unpaired) electrons. The second-order valence-electron chi connectivity index (χ2n) is 9.76. The Balaban J connectivity index is 1.52. The molecule has 0 bridgehead atoms. The number of ether oxygens (including phenoxy) is 1. The summed E-state index contributed by atoms with van der Waals surface area (Å²) in [5.74, 6) is -1.28. The zero-order chi connectivity index (χ0) is 28.4. The van der Waals surface area contributed by atoms with Crippen LogP contribution in [0.5, 0.6) is 0 Å². The number of aliphatic hydroxyl groups excluding tert-OH is 1. The number of fused-ring (bicyclic) bond motifs is 1. The molecule has 3 atom stereocenters. The fourth-order valence-electron chi connectivity index (χ4n) is 3.92. The van der Waals surface area contributed by atoms with E-state index in [9.17, 15) is 29.4 Å². The third kappa shape index (κ3) is 8.73. The van der Waals surface area contributed by atoms with Crippen molar-refractivity contribution in [2.45, 2.75) is 57.3 Å². The summed E-state index contributed by atoms with van der Waals surface area (Å²) in [5, 5.41) is 25.4. The maximum Gasteiger partial charge on any atom is 0.248 e. The maximum atomic E-state index is 12.5. The standard InChI is InChI=1S/C30H34N2O7/c1-20(2)13-9-5-3-4-6-10-14-24(35)31-21-19-30(38,29-28(39-29)27(21)37)18-12-8-7-11-15-25(36)32-26-22(33)16-17-23(26)34/h3-8,10-12,14-15,18-20,28-29,33,38H,9,13,16-17H2,1-2H3,(H,31,35)(H,32,36). The van der Waals surface area contributed by atoms with Crippen molar-refractivity contribution in [3.05, 3.63) is 96.1 Å². The van der Waals surface area contributed by atoms with Gasteiger partial charge in [0.15, 0.2) is 11.9 Å². The van der Waals surface area contributed by atoms with E-state index in [0.717, 1.165) is 12.8 Å². The molecule has 3 aliphatic rings. The molecular formula is C30H34N2O7. The minimum absolute atomic E-state index is 0.0484. The minimum Gasteiger partial charge on any atom is -0.510 e. The molecule has 4 N–H and O–H groups in total. The van der Waals surface area contributed by atoms with E-state index >= 15 is 0 Å². The fraction of sp³-hybridized carbons (Fsp3) is 0.333. The molecular weight excluding hydrogens is 500 g/mol.